The van der Waals surface area contributed by atoms with Crippen LogP contribution in [0.4, 0.5) is 0 Å². The molecule has 0 aromatic heterocycles. The minimum absolute atomic E-state index is 0.558. The van der Waals surface area contributed by atoms with E-state index in [0.29, 0.717) is 12.2 Å². The van der Waals surface area contributed by atoms with Gasteiger partial charge in [-0.05, 0) is 0 Å². The van der Waals surface area contributed by atoms with E-state index in [0.717, 1.165) is 0 Å². The minimum Gasteiger partial charge on any atom is -0.478 e. The van der Waals surface area contributed by atoms with Crippen molar-refractivity contribution in [2.75, 3.05) is 0 Å². The monoisotopic (exact) mass is 204 g/mol. The normalized spacial score (nSPS) is 8.57. The van der Waals surface area contributed by atoms with Crippen molar-refractivity contribution >= 4 is 23.8 Å². The summed E-state index contributed by atoms with van der Waals surface area (Å²) in [5.41, 5.74) is 8.64. The summed E-state index contributed by atoms with van der Waals surface area (Å²) in [7, 11) is 0. The Hall–Kier alpha value is -2.38. The highest BCUT2D eigenvalue weighted by molar-refractivity contribution is 6.33. The maximum absolute atomic E-state index is 9.55. The second kappa shape index (κ2) is 7.28. The Balaban J connectivity index is 0. The fourth-order valence-corrected chi connectivity index (χ4v) is 0.143. The number of carboxylic acid groups (broad SMARTS) is 2. The first-order chi connectivity index (χ1) is 6.27. The van der Waals surface area contributed by atoms with Gasteiger partial charge in [0.15, 0.2) is 0 Å². The molecule has 2 amide bonds. The van der Waals surface area contributed by atoms with Gasteiger partial charge in [-0.25, -0.2) is 9.59 Å². The van der Waals surface area contributed by atoms with Gasteiger partial charge in [0.2, 0.25) is 0 Å². The predicted molar refractivity (Wildman–Crippen MR) is 42.8 cm³/mol. The molecule has 0 atom stereocenters. The molecule has 0 aliphatic heterocycles. The molecule has 0 radical (unpaired) electrons. The molecular formula is C6H8N2O6. The first kappa shape index (κ1) is 14.2. The van der Waals surface area contributed by atoms with Crippen LogP contribution in [0, 0.1) is 0 Å². The van der Waals surface area contributed by atoms with E-state index in [-0.39, 0.29) is 0 Å². The number of aliphatic carboxylic acids is 2. The summed E-state index contributed by atoms with van der Waals surface area (Å²) >= 11 is 0. The zero-order chi connectivity index (χ0) is 11.7. The fraction of sp³-hybridized carbons (Fsp3) is 0. The molecule has 0 unspecified atom stereocenters. The van der Waals surface area contributed by atoms with Crippen molar-refractivity contribution in [1.29, 1.82) is 0 Å². The van der Waals surface area contributed by atoms with Gasteiger partial charge in [0, 0.05) is 12.2 Å². The molecule has 0 rings (SSSR count). The smallest absolute Gasteiger partial charge is 0.328 e. The minimum atomic E-state index is -1.26. The van der Waals surface area contributed by atoms with Crippen LogP contribution in [0.15, 0.2) is 12.2 Å². The molecule has 0 heterocycles. The average molecular weight is 204 g/mol. The van der Waals surface area contributed by atoms with Crippen LogP contribution in [-0.4, -0.2) is 34.0 Å². The third-order valence-electron chi connectivity index (χ3n) is 0.611. The van der Waals surface area contributed by atoms with Gasteiger partial charge in [0.1, 0.15) is 0 Å². The zero-order valence-corrected chi connectivity index (χ0v) is 6.84. The lowest BCUT2D eigenvalue weighted by molar-refractivity contribution is -0.135. The first-order valence-corrected chi connectivity index (χ1v) is 3.00. The molecule has 0 bridgehead atoms. The molecule has 0 aromatic carbocycles. The number of nitrogens with two attached hydrogens (primary N) is 2. The van der Waals surface area contributed by atoms with Crippen LogP contribution in [0.1, 0.15) is 0 Å². The second-order valence-corrected chi connectivity index (χ2v) is 1.74. The largest absolute Gasteiger partial charge is 0.478 e. The number of amides is 2. The van der Waals surface area contributed by atoms with Crippen molar-refractivity contribution in [1.82, 2.24) is 0 Å². The molecule has 0 aliphatic carbocycles. The molecule has 0 fully saturated rings. The van der Waals surface area contributed by atoms with E-state index in [4.69, 9.17) is 10.2 Å². The highest BCUT2D eigenvalue weighted by Gasteiger charge is 1.96. The quantitative estimate of drug-likeness (QED) is 0.291. The van der Waals surface area contributed by atoms with E-state index in [2.05, 4.69) is 11.5 Å². The predicted octanol–water partition coefficient (Wildman–Crippen LogP) is -2.33. The molecular weight excluding hydrogens is 196 g/mol. The molecule has 0 aliphatic rings. The molecule has 6 N–H and O–H groups in total. The Morgan fingerprint density at radius 1 is 0.786 bits per heavy atom. The van der Waals surface area contributed by atoms with Crippen molar-refractivity contribution in [3.05, 3.63) is 12.2 Å². The van der Waals surface area contributed by atoms with E-state index in [1.165, 1.54) is 0 Å². The van der Waals surface area contributed by atoms with Crippen LogP contribution < -0.4 is 11.5 Å². The number of hydrogen-bond acceptors (Lipinski definition) is 4. The SMILES string of the molecule is NC(=O)C(N)=O.O=C(O)/C=C\C(=O)O. The van der Waals surface area contributed by atoms with Gasteiger partial charge < -0.3 is 21.7 Å². The Labute approximate surface area is 77.8 Å². The number of rotatable bonds is 2. The molecule has 78 valence electrons. The molecule has 0 aromatic rings. The molecule has 8 nitrogen and oxygen atoms in total. The van der Waals surface area contributed by atoms with Crippen LogP contribution in [0.2, 0.25) is 0 Å². The van der Waals surface area contributed by atoms with Crippen molar-refractivity contribution in [3.63, 3.8) is 0 Å². The zero-order valence-electron chi connectivity index (χ0n) is 6.84. The summed E-state index contributed by atoms with van der Waals surface area (Å²) in [6.07, 6.45) is 1.12. The Kier molecular flexibility index (Phi) is 7.36. The Bertz CT molecular complexity index is 254. The van der Waals surface area contributed by atoms with Gasteiger partial charge in [-0.15, -0.1) is 0 Å². The lowest BCUT2D eigenvalue weighted by Gasteiger charge is -1.75. The standard InChI is InChI=1S/C4H4O4.C2H4N2O2/c5-3(6)1-2-4(7)8;3-1(5)2(4)6/h1-2H,(H,5,6)(H,7,8);(H2,3,5)(H2,4,6)/b2-1-;. The van der Waals surface area contributed by atoms with E-state index in [1.807, 2.05) is 0 Å². The lowest BCUT2D eigenvalue weighted by Crippen LogP contribution is -2.29. The third kappa shape index (κ3) is 16.3. The van der Waals surface area contributed by atoms with Gasteiger partial charge >= 0.3 is 23.8 Å². The van der Waals surface area contributed by atoms with E-state index in [9.17, 15) is 19.2 Å². The first-order valence-electron chi connectivity index (χ1n) is 3.00. The van der Waals surface area contributed by atoms with Gasteiger partial charge in [-0.2, -0.15) is 0 Å². The van der Waals surface area contributed by atoms with Gasteiger partial charge in [-0.1, -0.05) is 0 Å². The van der Waals surface area contributed by atoms with Crippen molar-refractivity contribution in [2.24, 2.45) is 11.5 Å². The van der Waals surface area contributed by atoms with Gasteiger partial charge in [0.25, 0.3) is 0 Å². The summed E-state index contributed by atoms with van der Waals surface area (Å²) < 4.78 is 0. The van der Waals surface area contributed by atoms with Crippen LogP contribution in [0.25, 0.3) is 0 Å². The number of primary amides is 2. The van der Waals surface area contributed by atoms with Crippen LogP contribution in [0.5, 0.6) is 0 Å². The van der Waals surface area contributed by atoms with Crippen LogP contribution in [-0.2, 0) is 19.2 Å². The van der Waals surface area contributed by atoms with Crippen molar-refractivity contribution in [3.8, 4) is 0 Å². The number of carbonyl (C=O) groups excluding carboxylic acids is 2. The van der Waals surface area contributed by atoms with Crippen molar-refractivity contribution in [2.45, 2.75) is 0 Å². The second-order valence-electron chi connectivity index (χ2n) is 1.74. The topological polar surface area (TPSA) is 161 Å². The molecule has 14 heavy (non-hydrogen) atoms. The summed E-state index contributed by atoms with van der Waals surface area (Å²) in [6.45, 7) is 0. The molecule has 8 heteroatoms. The average Bonchev–Trinajstić information content (AvgIpc) is 2.01. The van der Waals surface area contributed by atoms with E-state index < -0.39 is 23.8 Å². The van der Waals surface area contributed by atoms with E-state index in [1.54, 1.807) is 0 Å². The summed E-state index contributed by atoms with van der Waals surface area (Å²) in [4.78, 5) is 38.0. The maximum atomic E-state index is 9.55. The highest BCUT2D eigenvalue weighted by atomic mass is 16.4. The van der Waals surface area contributed by atoms with Crippen LogP contribution in [0.3, 0.4) is 0 Å². The lowest BCUT2D eigenvalue weighted by atomic mass is 10.5. The van der Waals surface area contributed by atoms with Gasteiger partial charge in [0.05, 0.1) is 0 Å². The summed E-state index contributed by atoms with van der Waals surface area (Å²) in [5, 5.41) is 15.6. The maximum Gasteiger partial charge on any atom is 0.328 e. The molecule has 0 saturated heterocycles. The van der Waals surface area contributed by atoms with Crippen molar-refractivity contribution < 1.29 is 29.4 Å². The summed E-state index contributed by atoms with van der Waals surface area (Å²) in [5.74, 6) is -4.72. The van der Waals surface area contributed by atoms with E-state index >= 15 is 0 Å². The third-order valence-corrected chi connectivity index (χ3v) is 0.611. The molecule has 0 spiro atoms. The van der Waals surface area contributed by atoms with Crippen LogP contribution >= 0.6 is 0 Å². The summed E-state index contributed by atoms with van der Waals surface area (Å²) in [6, 6.07) is 0. The highest BCUT2D eigenvalue weighted by Crippen LogP contribution is 1.70. The molecule has 0 saturated carbocycles. The Morgan fingerprint density at radius 3 is 1.07 bits per heavy atom. The number of carboxylic acids is 2. The Morgan fingerprint density at radius 2 is 1.00 bits per heavy atom. The fourth-order valence-electron chi connectivity index (χ4n) is 0.143. The van der Waals surface area contributed by atoms with Gasteiger partial charge in [-0.3, -0.25) is 9.59 Å². The number of hydrogen-bond donors (Lipinski definition) is 4. The number of carbonyl (C=O) groups is 4.